The SMILES string of the molecule is CCCC(c1ccccc1)N1CCC(C)(C(=O)O)CC1. The third-order valence-corrected chi connectivity index (χ3v) is 4.61. The highest BCUT2D eigenvalue weighted by atomic mass is 16.4. The molecule has 0 saturated carbocycles. The second-order valence-electron chi connectivity index (χ2n) is 6.12. The van der Waals surface area contributed by atoms with Crippen LogP contribution in [0.15, 0.2) is 30.3 Å². The molecule has 1 aliphatic heterocycles. The van der Waals surface area contributed by atoms with Crippen LogP contribution >= 0.6 is 0 Å². The Morgan fingerprint density at radius 2 is 1.90 bits per heavy atom. The van der Waals surface area contributed by atoms with Crippen LogP contribution in [0.3, 0.4) is 0 Å². The number of benzene rings is 1. The van der Waals surface area contributed by atoms with Crippen LogP contribution in [0.5, 0.6) is 0 Å². The summed E-state index contributed by atoms with van der Waals surface area (Å²) in [4.78, 5) is 13.8. The molecule has 3 nitrogen and oxygen atoms in total. The normalized spacial score (nSPS) is 20.5. The van der Waals surface area contributed by atoms with Crippen molar-refractivity contribution in [3.8, 4) is 0 Å². The van der Waals surface area contributed by atoms with E-state index in [1.54, 1.807) is 0 Å². The molecule has 1 unspecified atom stereocenters. The summed E-state index contributed by atoms with van der Waals surface area (Å²) >= 11 is 0. The fraction of sp³-hybridized carbons (Fsp3) is 0.588. The van der Waals surface area contributed by atoms with Gasteiger partial charge in [-0.25, -0.2) is 0 Å². The molecule has 1 saturated heterocycles. The number of hydrogen-bond donors (Lipinski definition) is 1. The number of carboxylic acid groups (broad SMARTS) is 1. The molecule has 2 rings (SSSR count). The Labute approximate surface area is 121 Å². The maximum Gasteiger partial charge on any atom is 0.309 e. The predicted molar refractivity (Wildman–Crippen MR) is 80.6 cm³/mol. The van der Waals surface area contributed by atoms with Crippen LogP contribution in [0.1, 0.15) is 51.1 Å². The largest absolute Gasteiger partial charge is 0.481 e. The average Bonchev–Trinajstić information content (AvgIpc) is 2.47. The van der Waals surface area contributed by atoms with Gasteiger partial charge in [-0.15, -0.1) is 0 Å². The molecule has 0 bridgehead atoms. The van der Waals surface area contributed by atoms with Gasteiger partial charge in [0.1, 0.15) is 0 Å². The lowest BCUT2D eigenvalue weighted by Gasteiger charge is -2.40. The Kier molecular flexibility index (Phi) is 4.81. The third-order valence-electron chi connectivity index (χ3n) is 4.61. The summed E-state index contributed by atoms with van der Waals surface area (Å²) in [6.45, 7) is 5.84. The van der Waals surface area contributed by atoms with E-state index in [9.17, 15) is 9.90 Å². The molecule has 1 aromatic carbocycles. The molecule has 110 valence electrons. The lowest BCUT2D eigenvalue weighted by atomic mass is 9.79. The fourth-order valence-corrected chi connectivity index (χ4v) is 3.05. The van der Waals surface area contributed by atoms with Gasteiger partial charge >= 0.3 is 5.97 Å². The summed E-state index contributed by atoms with van der Waals surface area (Å²) in [5.74, 6) is -0.649. The fourth-order valence-electron chi connectivity index (χ4n) is 3.05. The van der Waals surface area contributed by atoms with Crippen molar-refractivity contribution in [2.75, 3.05) is 13.1 Å². The van der Waals surface area contributed by atoms with Crippen molar-refractivity contribution in [2.24, 2.45) is 5.41 Å². The Hall–Kier alpha value is -1.35. The van der Waals surface area contributed by atoms with Crippen molar-refractivity contribution in [3.05, 3.63) is 35.9 Å². The molecule has 20 heavy (non-hydrogen) atoms. The smallest absolute Gasteiger partial charge is 0.309 e. The first-order chi connectivity index (χ1) is 9.57. The number of hydrogen-bond acceptors (Lipinski definition) is 2. The van der Waals surface area contributed by atoms with Gasteiger partial charge in [0.2, 0.25) is 0 Å². The zero-order chi connectivity index (χ0) is 14.6. The minimum absolute atomic E-state index is 0.430. The predicted octanol–water partition coefficient (Wildman–Crippen LogP) is 3.71. The van der Waals surface area contributed by atoms with Crippen molar-refractivity contribution in [1.82, 2.24) is 4.90 Å². The van der Waals surface area contributed by atoms with Gasteiger partial charge in [-0.1, -0.05) is 43.7 Å². The number of piperidine rings is 1. The molecule has 0 amide bonds. The van der Waals surface area contributed by atoms with E-state index < -0.39 is 11.4 Å². The number of nitrogens with zero attached hydrogens (tertiary/aromatic N) is 1. The van der Waals surface area contributed by atoms with Crippen LogP contribution < -0.4 is 0 Å². The van der Waals surface area contributed by atoms with E-state index in [-0.39, 0.29) is 0 Å². The van der Waals surface area contributed by atoms with Crippen LogP contribution in [0.25, 0.3) is 0 Å². The van der Waals surface area contributed by atoms with Crippen molar-refractivity contribution in [3.63, 3.8) is 0 Å². The molecule has 1 aromatic rings. The first-order valence-corrected chi connectivity index (χ1v) is 7.59. The highest BCUT2D eigenvalue weighted by Crippen LogP contribution is 2.36. The number of rotatable bonds is 5. The molecule has 1 fully saturated rings. The van der Waals surface area contributed by atoms with Crippen LogP contribution in [-0.4, -0.2) is 29.1 Å². The molecule has 0 aliphatic carbocycles. The van der Waals surface area contributed by atoms with Gasteiger partial charge in [-0.05, 0) is 44.8 Å². The second-order valence-corrected chi connectivity index (χ2v) is 6.12. The van der Waals surface area contributed by atoms with Crippen molar-refractivity contribution in [1.29, 1.82) is 0 Å². The van der Waals surface area contributed by atoms with Gasteiger partial charge in [-0.2, -0.15) is 0 Å². The van der Waals surface area contributed by atoms with Crippen molar-refractivity contribution < 1.29 is 9.90 Å². The molecular formula is C17H25NO2. The molecule has 1 heterocycles. The number of likely N-dealkylation sites (tertiary alicyclic amines) is 1. The summed E-state index contributed by atoms with van der Waals surface area (Å²) in [6, 6.07) is 11.0. The highest BCUT2D eigenvalue weighted by molar-refractivity contribution is 5.74. The lowest BCUT2D eigenvalue weighted by Crippen LogP contribution is -2.44. The minimum atomic E-state index is -0.649. The molecule has 1 atom stereocenters. The zero-order valence-corrected chi connectivity index (χ0v) is 12.5. The van der Waals surface area contributed by atoms with E-state index in [1.165, 1.54) is 5.56 Å². The van der Waals surface area contributed by atoms with Crippen molar-refractivity contribution in [2.45, 2.75) is 45.6 Å². The third kappa shape index (κ3) is 3.21. The van der Waals surface area contributed by atoms with Gasteiger partial charge in [0.15, 0.2) is 0 Å². The number of carboxylic acids is 1. The van der Waals surface area contributed by atoms with E-state index >= 15 is 0 Å². The molecule has 0 radical (unpaired) electrons. The van der Waals surface area contributed by atoms with Gasteiger partial charge in [0.25, 0.3) is 0 Å². The average molecular weight is 275 g/mol. The Balaban J connectivity index is 2.08. The summed E-state index contributed by atoms with van der Waals surface area (Å²) in [7, 11) is 0. The van der Waals surface area contributed by atoms with Crippen LogP contribution in [-0.2, 0) is 4.79 Å². The van der Waals surface area contributed by atoms with E-state index in [1.807, 2.05) is 13.0 Å². The standard InChI is InChI=1S/C17H25NO2/c1-3-7-15(14-8-5-4-6-9-14)18-12-10-17(2,11-13-18)16(19)20/h4-6,8-9,15H,3,7,10-13H2,1-2H3,(H,19,20). The number of carbonyl (C=O) groups is 1. The van der Waals surface area contributed by atoms with Crippen LogP contribution in [0.2, 0.25) is 0 Å². The van der Waals surface area contributed by atoms with Crippen LogP contribution in [0, 0.1) is 5.41 Å². The van der Waals surface area contributed by atoms with E-state index in [0.29, 0.717) is 6.04 Å². The topological polar surface area (TPSA) is 40.5 Å². The molecule has 0 spiro atoms. The summed E-state index contributed by atoms with van der Waals surface area (Å²) in [5, 5.41) is 9.32. The maximum atomic E-state index is 11.3. The van der Waals surface area contributed by atoms with E-state index in [2.05, 4.69) is 36.1 Å². The summed E-state index contributed by atoms with van der Waals surface area (Å²) < 4.78 is 0. The summed E-state index contributed by atoms with van der Waals surface area (Å²) in [6.07, 6.45) is 3.77. The highest BCUT2D eigenvalue weighted by Gasteiger charge is 2.38. The van der Waals surface area contributed by atoms with Crippen molar-refractivity contribution >= 4 is 5.97 Å². The Morgan fingerprint density at radius 1 is 1.30 bits per heavy atom. The molecule has 1 aliphatic rings. The molecule has 0 aromatic heterocycles. The lowest BCUT2D eigenvalue weighted by molar-refractivity contribution is -0.151. The number of aliphatic carboxylic acids is 1. The second kappa shape index (κ2) is 6.40. The van der Waals surface area contributed by atoms with Gasteiger partial charge in [0.05, 0.1) is 5.41 Å². The molecule has 1 N–H and O–H groups in total. The zero-order valence-electron chi connectivity index (χ0n) is 12.5. The Bertz CT molecular complexity index is 436. The van der Waals surface area contributed by atoms with E-state index in [4.69, 9.17) is 0 Å². The van der Waals surface area contributed by atoms with E-state index in [0.717, 1.165) is 38.8 Å². The van der Waals surface area contributed by atoms with Crippen LogP contribution in [0.4, 0.5) is 0 Å². The van der Waals surface area contributed by atoms with Gasteiger partial charge < -0.3 is 5.11 Å². The van der Waals surface area contributed by atoms with Gasteiger partial charge in [-0.3, -0.25) is 9.69 Å². The maximum absolute atomic E-state index is 11.3. The van der Waals surface area contributed by atoms with Gasteiger partial charge in [0, 0.05) is 6.04 Å². The minimum Gasteiger partial charge on any atom is -0.481 e. The first kappa shape index (κ1) is 15.0. The first-order valence-electron chi connectivity index (χ1n) is 7.59. The Morgan fingerprint density at radius 3 is 2.40 bits per heavy atom. The molecule has 3 heteroatoms. The monoisotopic (exact) mass is 275 g/mol. The quantitative estimate of drug-likeness (QED) is 0.890. The molecular weight excluding hydrogens is 250 g/mol. The summed E-state index contributed by atoms with van der Waals surface area (Å²) in [5.41, 5.74) is 0.817.